The molecule has 0 bridgehead atoms. The van der Waals surface area contributed by atoms with Crippen molar-refractivity contribution < 1.29 is 26.5 Å². The van der Waals surface area contributed by atoms with Gasteiger partial charge in [0.05, 0.1) is 11.5 Å². The van der Waals surface area contributed by atoms with Gasteiger partial charge < -0.3 is 5.11 Å². The maximum Gasteiger partial charge on any atom is 0.295 e. The summed E-state index contributed by atoms with van der Waals surface area (Å²) in [6.45, 7) is 0.531. The van der Waals surface area contributed by atoms with E-state index in [-0.39, 0.29) is 11.1 Å². The minimum atomic E-state index is -4.64. The summed E-state index contributed by atoms with van der Waals surface area (Å²) in [5, 5.41) is 13.8. The van der Waals surface area contributed by atoms with Gasteiger partial charge >= 0.3 is 0 Å². The fourth-order valence-electron chi connectivity index (χ4n) is 1.52. The lowest BCUT2D eigenvalue weighted by Crippen LogP contribution is -2.16. The number of benzene rings is 1. The van der Waals surface area contributed by atoms with Crippen molar-refractivity contribution in [1.29, 1.82) is 0 Å². The second-order valence-corrected chi connectivity index (χ2v) is 6.24. The molecule has 0 heterocycles. The number of hydrogen-bond donors (Lipinski definition) is 3. The molecule has 0 spiro atoms. The smallest absolute Gasteiger partial charge is 0.295 e. The van der Waals surface area contributed by atoms with E-state index in [0.717, 1.165) is 12.1 Å². The van der Waals surface area contributed by atoms with Crippen LogP contribution < -0.4 is 5.14 Å². The van der Waals surface area contributed by atoms with E-state index in [0.29, 0.717) is 0 Å². The first kappa shape index (κ1) is 14.1. The summed E-state index contributed by atoms with van der Waals surface area (Å²) in [6, 6.07) is 2.15. The topological polar surface area (TPSA) is 135 Å². The molecule has 0 radical (unpaired) electrons. The van der Waals surface area contributed by atoms with Crippen LogP contribution in [0.2, 0.25) is 0 Å². The predicted molar refractivity (Wildman–Crippen MR) is 58.3 cm³/mol. The first-order chi connectivity index (χ1) is 7.59. The Kier molecular flexibility index (Phi) is 3.60. The number of hydrogen-bond acceptors (Lipinski definition) is 5. The predicted octanol–water partition coefficient (Wildman–Crippen LogP) is -0.619. The summed E-state index contributed by atoms with van der Waals surface area (Å²) in [4.78, 5) is -1.05. The fourth-order valence-corrected chi connectivity index (χ4v) is 3.33. The number of aliphatic hydroxyl groups is 1. The molecule has 9 heteroatoms. The maximum absolute atomic E-state index is 11.2. The van der Waals surface area contributed by atoms with Gasteiger partial charge in [-0.3, -0.25) is 4.55 Å². The second kappa shape index (κ2) is 4.35. The molecule has 1 aromatic carbocycles. The minimum absolute atomic E-state index is 0.0996. The van der Waals surface area contributed by atoms with Gasteiger partial charge in [0.1, 0.15) is 4.90 Å². The Morgan fingerprint density at radius 2 is 1.76 bits per heavy atom. The summed E-state index contributed by atoms with van der Waals surface area (Å²) in [6.07, 6.45) is 0. The lowest BCUT2D eigenvalue weighted by atomic mass is 10.1. The van der Waals surface area contributed by atoms with Gasteiger partial charge in [-0.2, -0.15) is 8.42 Å². The molecule has 17 heavy (non-hydrogen) atoms. The third-order valence-corrected chi connectivity index (χ3v) is 4.31. The van der Waals surface area contributed by atoms with Crippen LogP contribution >= 0.6 is 0 Å². The highest BCUT2D eigenvalue weighted by molar-refractivity contribution is 7.89. The molecule has 96 valence electrons. The van der Waals surface area contributed by atoms with E-state index >= 15 is 0 Å². The van der Waals surface area contributed by atoms with Gasteiger partial charge in [0.15, 0.2) is 0 Å². The molecule has 0 saturated carbocycles. The molecule has 1 aromatic rings. The van der Waals surface area contributed by atoms with Crippen LogP contribution in [-0.4, -0.2) is 26.5 Å². The quantitative estimate of drug-likeness (QED) is 0.632. The number of aliphatic hydroxyl groups excluding tert-OH is 1. The molecule has 0 amide bonds. The Morgan fingerprint density at radius 1 is 1.24 bits per heavy atom. The highest BCUT2D eigenvalue weighted by Crippen LogP contribution is 2.25. The van der Waals surface area contributed by atoms with Crippen LogP contribution in [-0.2, 0) is 26.7 Å². The summed E-state index contributed by atoms with van der Waals surface area (Å²) < 4.78 is 53.6. The van der Waals surface area contributed by atoms with Gasteiger partial charge in [0, 0.05) is 0 Å². The van der Waals surface area contributed by atoms with Crippen LogP contribution in [0.1, 0.15) is 11.1 Å². The highest BCUT2D eigenvalue weighted by atomic mass is 32.2. The number of rotatable bonds is 3. The van der Waals surface area contributed by atoms with Crippen LogP contribution in [0.15, 0.2) is 21.9 Å². The fraction of sp³-hybridized carbons (Fsp3) is 0.250. The Morgan fingerprint density at radius 3 is 2.12 bits per heavy atom. The van der Waals surface area contributed by atoms with E-state index in [1.54, 1.807) is 0 Å². The van der Waals surface area contributed by atoms with Gasteiger partial charge in [-0.25, -0.2) is 13.6 Å². The Labute approximate surface area is 98.7 Å². The van der Waals surface area contributed by atoms with Crippen molar-refractivity contribution >= 4 is 20.1 Å². The van der Waals surface area contributed by atoms with Crippen molar-refractivity contribution in [3.8, 4) is 0 Å². The molecule has 0 aliphatic carbocycles. The summed E-state index contributed by atoms with van der Waals surface area (Å²) in [5.74, 6) is 0. The van der Waals surface area contributed by atoms with Crippen molar-refractivity contribution in [2.75, 3.05) is 0 Å². The van der Waals surface area contributed by atoms with Gasteiger partial charge in [0.2, 0.25) is 10.0 Å². The van der Waals surface area contributed by atoms with Crippen LogP contribution in [0.3, 0.4) is 0 Å². The van der Waals surface area contributed by atoms with Crippen LogP contribution in [0.5, 0.6) is 0 Å². The Bertz CT molecular complexity index is 647. The molecule has 1 rings (SSSR count). The first-order valence-electron chi connectivity index (χ1n) is 4.32. The zero-order valence-electron chi connectivity index (χ0n) is 8.78. The monoisotopic (exact) mass is 281 g/mol. The number of sulfonamides is 1. The summed E-state index contributed by atoms with van der Waals surface area (Å²) in [7, 11) is -8.74. The van der Waals surface area contributed by atoms with Gasteiger partial charge in [-0.05, 0) is 24.1 Å². The lowest BCUT2D eigenvalue weighted by Gasteiger charge is -2.11. The zero-order valence-corrected chi connectivity index (χ0v) is 10.4. The van der Waals surface area contributed by atoms with Crippen LogP contribution in [0.4, 0.5) is 0 Å². The highest BCUT2D eigenvalue weighted by Gasteiger charge is 2.24. The third-order valence-electron chi connectivity index (χ3n) is 2.17. The second-order valence-electron chi connectivity index (χ2n) is 3.36. The minimum Gasteiger partial charge on any atom is -0.392 e. The van der Waals surface area contributed by atoms with E-state index in [1.165, 1.54) is 6.92 Å². The van der Waals surface area contributed by atoms with Crippen molar-refractivity contribution in [3.05, 3.63) is 23.3 Å². The van der Waals surface area contributed by atoms with E-state index in [1.807, 2.05) is 0 Å². The van der Waals surface area contributed by atoms with E-state index in [4.69, 9.17) is 14.8 Å². The van der Waals surface area contributed by atoms with Crippen molar-refractivity contribution in [2.24, 2.45) is 5.14 Å². The average Bonchev–Trinajstić information content (AvgIpc) is 2.12. The first-order valence-corrected chi connectivity index (χ1v) is 7.31. The lowest BCUT2D eigenvalue weighted by molar-refractivity contribution is 0.277. The molecular formula is C8H11NO6S2. The molecule has 0 aliphatic heterocycles. The standard InChI is InChI=1S/C8H11NO6S2/c1-5-7(16(9,11)12)3-2-6(4-10)8(5)17(13,14)15/h2-3,10H,4H2,1H3,(H2,9,11,12)(H,13,14,15). The van der Waals surface area contributed by atoms with Gasteiger partial charge in [0.25, 0.3) is 10.1 Å². The molecular weight excluding hydrogens is 270 g/mol. The number of primary sulfonamides is 1. The van der Waals surface area contributed by atoms with Gasteiger partial charge in [-0.15, -0.1) is 0 Å². The molecule has 4 N–H and O–H groups in total. The molecule has 0 aliphatic rings. The SMILES string of the molecule is Cc1c(S(N)(=O)=O)ccc(CO)c1S(=O)(=O)O. The van der Waals surface area contributed by atoms with E-state index in [2.05, 4.69) is 0 Å². The van der Waals surface area contributed by atoms with Crippen LogP contribution in [0, 0.1) is 6.92 Å². The molecule has 0 fully saturated rings. The molecule has 0 atom stereocenters. The Hall–Kier alpha value is -1.00. The number of nitrogens with two attached hydrogens (primary N) is 1. The van der Waals surface area contributed by atoms with Crippen molar-refractivity contribution in [1.82, 2.24) is 0 Å². The van der Waals surface area contributed by atoms with Crippen LogP contribution in [0.25, 0.3) is 0 Å². The molecule has 0 aromatic heterocycles. The summed E-state index contributed by atoms with van der Waals surface area (Å²) in [5.41, 5.74) is -0.320. The zero-order chi connectivity index (χ0) is 13.4. The van der Waals surface area contributed by atoms with Crippen molar-refractivity contribution in [3.63, 3.8) is 0 Å². The average molecular weight is 281 g/mol. The third kappa shape index (κ3) is 2.82. The molecule has 0 saturated heterocycles. The summed E-state index contributed by atoms with van der Waals surface area (Å²) >= 11 is 0. The maximum atomic E-state index is 11.2. The Balaban J connectivity index is 3.80. The van der Waals surface area contributed by atoms with E-state index < -0.39 is 36.5 Å². The van der Waals surface area contributed by atoms with Crippen molar-refractivity contribution in [2.45, 2.75) is 23.3 Å². The molecule has 0 unspecified atom stereocenters. The normalized spacial score (nSPS) is 12.7. The van der Waals surface area contributed by atoms with Gasteiger partial charge in [-0.1, -0.05) is 6.07 Å². The van der Waals surface area contributed by atoms with E-state index in [9.17, 15) is 16.8 Å². The molecule has 7 nitrogen and oxygen atoms in total. The largest absolute Gasteiger partial charge is 0.392 e.